The molecule has 0 amide bonds. The smallest absolute Gasteiger partial charge is 0.283 e. The first kappa shape index (κ1) is 19.1. The third-order valence-corrected chi connectivity index (χ3v) is 4.33. The first-order valence-corrected chi connectivity index (χ1v) is 8.38. The summed E-state index contributed by atoms with van der Waals surface area (Å²) in [5, 5.41) is -0.444. The van der Waals surface area contributed by atoms with Crippen molar-refractivity contribution in [1.82, 2.24) is 0 Å². The maximum atomic E-state index is 12.4. The van der Waals surface area contributed by atoms with Crippen LogP contribution in [0, 0.1) is 0 Å². The predicted octanol–water partition coefficient (Wildman–Crippen LogP) is 4.75. The second-order valence-corrected chi connectivity index (χ2v) is 6.35. The Bertz CT molecular complexity index is 587. The Morgan fingerprint density at radius 2 is 1.77 bits per heavy atom. The molecule has 0 unspecified atom stereocenters. The van der Waals surface area contributed by atoms with Gasteiger partial charge in [0.25, 0.3) is 5.24 Å². The Balaban J connectivity index is 2.93. The third-order valence-electron chi connectivity index (χ3n) is 2.40. The van der Waals surface area contributed by atoms with Gasteiger partial charge in [-0.05, 0) is 23.7 Å². The summed E-state index contributed by atoms with van der Waals surface area (Å²) >= 11 is 11.5. The van der Waals surface area contributed by atoms with Gasteiger partial charge in [-0.3, -0.25) is 18.4 Å². The van der Waals surface area contributed by atoms with Crippen LogP contribution in [-0.4, -0.2) is 18.5 Å². The fraction of sp³-hybridized carbons (Fsp3) is 0.214. The predicted molar refractivity (Wildman–Crippen MR) is 86.3 cm³/mol. The monoisotopic (exact) mass is 364 g/mol. The molecule has 0 aliphatic carbocycles. The molecule has 0 aliphatic heterocycles. The van der Waals surface area contributed by atoms with Crippen molar-refractivity contribution in [1.29, 1.82) is 0 Å². The highest BCUT2D eigenvalue weighted by Gasteiger charge is 2.27. The van der Waals surface area contributed by atoms with Gasteiger partial charge in [-0.2, -0.15) is 0 Å². The molecule has 0 radical (unpaired) electrons. The van der Waals surface area contributed by atoms with Gasteiger partial charge in [0.1, 0.15) is 0 Å². The van der Waals surface area contributed by atoms with Crippen molar-refractivity contribution in [2.45, 2.75) is 6.61 Å². The minimum atomic E-state index is -3.84. The minimum Gasteiger partial charge on any atom is -0.283 e. The van der Waals surface area contributed by atoms with Crippen molar-refractivity contribution in [3.63, 3.8) is 0 Å². The number of carbonyl (C=O) groups excluding carboxylic acids is 1. The molecule has 0 atom stereocenters. The molecule has 1 rings (SSSR count). The Hall–Kier alpha value is -0.940. The van der Waals surface area contributed by atoms with E-state index in [0.717, 1.165) is 0 Å². The standard InChI is InChI=1S/C14H15Cl2O5P/c1-3-8-19-22(18,20-9-4-2)21-10-12-11(14(16)17)6-5-7-13(12)15/h3-7H,1-2,8-10H2. The van der Waals surface area contributed by atoms with Crippen LogP contribution in [0.1, 0.15) is 15.9 Å². The summed E-state index contributed by atoms with van der Waals surface area (Å²) in [6, 6.07) is 4.62. The average Bonchev–Trinajstić information content (AvgIpc) is 2.49. The largest absolute Gasteiger partial charge is 0.475 e. The summed E-state index contributed by atoms with van der Waals surface area (Å²) in [6.07, 6.45) is 2.80. The molecule has 0 aromatic heterocycles. The van der Waals surface area contributed by atoms with Crippen LogP contribution in [0.4, 0.5) is 0 Å². The number of benzene rings is 1. The van der Waals surface area contributed by atoms with Gasteiger partial charge in [-0.1, -0.05) is 29.8 Å². The number of hydrogen-bond donors (Lipinski definition) is 0. The summed E-state index contributed by atoms with van der Waals surface area (Å²) in [5.41, 5.74) is 0.460. The summed E-state index contributed by atoms with van der Waals surface area (Å²) in [5.74, 6) is 0. The Labute approximate surface area is 139 Å². The SMILES string of the molecule is C=CCOP(=O)(OCC=C)OCc1c(Cl)cccc1C(=O)Cl. The van der Waals surface area contributed by atoms with Crippen molar-refractivity contribution in [3.8, 4) is 0 Å². The van der Waals surface area contributed by atoms with E-state index in [4.69, 9.17) is 36.8 Å². The van der Waals surface area contributed by atoms with Gasteiger partial charge in [0.2, 0.25) is 0 Å². The van der Waals surface area contributed by atoms with Crippen LogP contribution in [0.5, 0.6) is 0 Å². The summed E-state index contributed by atoms with van der Waals surface area (Å²) in [7, 11) is -3.84. The van der Waals surface area contributed by atoms with Crippen LogP contribution in [0.25, 0.3) is 0 Å². The second kappa shape index (κ2) is 9.26. The molecule has 1 aromatic rings. The molecule has 1 aromatic carbocycles. The Morgan fingerprint density at radius 3 is 2.27 bits per heavy atom. The number of phosphoric ester groups is 1. The molecular formula is C14H15Cl2O5P. The van der Waals surface area contributed by atoms with Crippen LogP contribution in [0.15, 0.2) is 43.5 Å². The summed E-state index contributed by atoms with van der Waals surface area (Å²) < 4.78 is 27.6. The zero-order valence-electron chi connectivity index (χ0n) is 11.7. The van der Waals surface area contributed by atoms with Crippen molar-refractivity contribution >= 4 is 36.3 Å². The van der Waals surface area contributed by atoms with E-state index in [1.807, 2.05) is 0 Å². The molecule has 5 nitrogen and oxygen atoms in total. The molecule has 0 aliphatic rings. The van der Waals surface area contributed by atoms with Gasteiger partial charge in [0.05, 0.1) is 19.8 Å². The third kappa shape index (κ3) is 5.69. The lowest BCUT2D eigenvalue weighted by Crippen LogP contribution is -2.04. The van der Waals surface area contributed by atoms with E-state index in [1.54, 1.807) is 12.1 Å². The Kier molecular flexibility index (Phi) is 8.04. The molecule has 0 saturated carbocycles. The van der Waals surface area contributed by atoms with E-state index in [9.17, 15) is 9.36 Å². The van der Waals surface area contributed by atoms with Crippen LogP contribution < -0.4 is 0 Å². The minimum absolute atomic E-state index is 0.0295. The Morgan fingerprint density at radius 1 is 1.18 bits per heavy atom. The van der Waals surface area contributed by atoms with Gasteiger partial charge in [0.15, 0.2) is 0 Å². The van der Waals surface area contributed by atoms with Crippen molar-refractivity contribution in [3.05, 3.63) is 59.7 Å². The van der Waals surface area contributed by atoms with Gasteiger partial charge in [-0.25, -0.2) is 4.57 Å². The zero-order chi connectivity index (χ0) is 16.6. The van der Waals surface area contributed by atoms with E-state index in [1.165, 1.54) is 18.2 Å². The molecule has 0 spiro atoms. The summed E-state index contributed by atoms with van der Waals surface area (Å²) in [4.78, 5) is 11.4. The maximum absolute atomic E-state index is 12.4. The van der Waals surface area contributed by atoms with Crippen molar-refractivity contribution < 1.29 is 22.9 Å². The van der Waals surface area contributed by atoms with E-state index in [0.29, 0.717) is 5.56 Å². The number of phosphoric acid groups is 1. The van der Waals surface area contributed by atoms with Gasteiger partial charge in [0, 0.05) is 16.1 Å². The molecular weight excluding hydrogens is 350 g/mol. The molecule has 22 heavy (non-hydrogen) atoms. The molecule has 0 bridgehead atoms. The quantitative estimate of drug-likeness (QED) is 0.340. The molecule has 120 valence electrons. The molecule has 0 saturated heterocycles. The molecule has 0 N–H and O–H groups in total. The van der Waals surface area contributed by atoms with Crippen LogP contribution in [0.3, 0.4) is 0 Å². The molecule has 8 heteroatoms. The highest BCUT2D eigenvalue weighted by Crippen LogP contribution is 2.50. The molecule has 0 heterocycles. The van der Waals surface area contributed by atoms with Gasteiger partial charge in [-0.15, -0.1) is 13.2 Å². The first-order valence-electron chi connectivity index (χ1n) is 6.16. The lowest BCUT2D eigenvalue weighted by Gasteiger charge is -2.17. The fourth-order valence-electron chi connectivity index (χ4n) is 1.43. The number of carbonyl (C=O) groups is 1. The van der Waals surface area contributed by atoms with Crippen molar-refractivity contribution in [2.75, 3.05) is 13.2 Å². The van der Waals surface area contributed by atoms with E-state index in [2.05, 4.69) is 13.2 Å². The van der Waals surface area contributed by atoms with E-state index < -0.39 is 13.1 Å². The van der Waals surface area contributed by atoms with E-state index >= 15 is 0 Å². The van der Waals surface area contributed by atoms with E-state index in [-0.39, 0.29) is 30.4 Å². The second-order valence-electron chi connectivity index (χ2n) is 3.93. The summed E-state index contributed by atoms with van der Waals surface area (Å²) in [6.45, 7) is 6.58. The number of rotatable bonds is 10. The number of halogens is 2. The average molecular weight is 365 g/mol. The lowest BCUT2D eigenvalue weighted by atomic mass is 10.1. The lowest BCUT2D eigenvalue weighted by molar-refractivity contribution is 0.107. The number of hydrogen-bond acceptors (Lipinski definition) is 5. The fourth-order valence-corrected chi connectivity index (χ4v) is 2.93. The normalized spacial score (nSPS) is 11.2. The van der Waals surface area contributed by atoms with Crippen molar-refractivity contribution in [2.24, 2.45) is 0 Å². The van der Waals surface area contributed by atoms with Crippen LogP contribution >= 0.6 is 31.0 Å². The van der Waals surface area contributed by atoms with Gasteiger partial charge >= 0.3 is 7.82 Å². The van der Waals surface area contributed by atoms with Crippen LogP contribution in [0.2, 0.25) is 5.02 Å². The highest BCUT2D eigenvalue weighted by atomic mass is 35.5. The maximum Gasteiger partial charge on any atom is 0.475 e. The molecule has 0 fully saturated rings. The highest BCUT2D eigenvalue weighted by molar-refractivity contribution is 7.48. The van der Waals surface area contributed by atoms with Crippen LogP contribution in [-0.2, 0) is 24.7 Å². The van der Waals surface area contributed by atoms with Gasteiger partial charge < -0.3 is 0 Å². The topological polar surface area (TPSA) is 61.8 Å². The zero-order valence-corrected chi connectivity index (χ0v) is 14.1. The first-order chi connectivity index (χ1) is 10.4.